The first kappa shape index (κ1) is 31.5. The van der Waals surface area contributed by atoms with Gasteiger partial charge in [0.2, 0.25) is 5.90 Å². The molecule has 0 radical (unpaired) electrons. The molecule has 1 amide bonds. The fraction of sp³-hybridized carbons (Fsp3) is 0.171. The van der Waals surface area contributed by atoms with Gasteiger partial charge >= 0.3 is 0 Å². The van der Waals surface area contributed by atoms with Crippen molar-refractivity contribution >= 4 is 17.9 Å². The van der Waals surface area contributed by atoms with Crippen molar-refractivity contribution in [3.05, 3.63) is 168 Å². The van der Waals surface area contributed by atoms with Crippen LogP contribution >= 0.6 is 0 Å². The predicted molar refractivity (Wildman–Crippen MR) is 187 cm³/mol. The van der Waals surface area contributed by atoms with Crippen molar-refractivity contribution in [1.82, 2.24) is 5.32 Å². The SMILES string of the molecule is O=C(NCc1ccccc1)[C@]1(C/C=C/c2ccccc2)N=C(c2ccc(OCCCO)cc2)O[C@@H]1c1ccc(-c2ccccc2)cc1. The van der Waals surface area contributed by atoms with E-state index < -0.39 is 11.6 Å². The first-order valence-electron chi connectivity index (χ1n) is 15.9. The summed E-state index contributed by atoms with van der Waals surface area (Å²) in [6.45, 7) is 0.866. The van der Waals surface area contributed by atoms with Crippen molar-refractivity contribution in [1.29, 1.82) is 0 Å². The number of ether oxygens (including phenoxy) is 2. The molecule has 0 aliphatic carbocycles. The molecule has 5 aromatic rings. The van der Waals surface area contributed by atoms with Crippen LogP contribution in [0.5, 0.6) is 5.75 Å². The molecule has 6 rings (SSSR count). The predicted octanol–water partition coefficient (Wildman–Crippen LogP) is 7.79. The normalized spacial score (nSPS) is 17.2. The zero-order chi connectivity index (χ0) is 32.3. The number of carbonyl (C=O) groups excluding carboxylic acids is 1. The third-order valence-electron chi connectivity index (χ3n) is 8.19. The number of rotatable bonds is 13. The van der Waals surface area contributed by atoms with E-state index in [-0.39, 0.29) is 12.5 Å². The molecule has 6 nitrogen and oxygen atoms in total. The van der Waals surface area contributed by atoms with Crippen LogP contribution in [0.15, 0.2) is 151 Å². The van der Waals surface area contributed by atoms with Gasteiger partial charge in [0.15, 0.2) is 11.6 Å². The summed E-state index contributed by atoms with van der Waals surface area (Å²) in [5.41, 5.74) is 4.55. The van der Waals surface area contributed by atoms with Crippen LogP contribution in [0.25, 0.3) is 17.2 Å². The van der Waals surface area contributed by atoms with Crippen molar-refractivity contribution in [2.45, 2.75) is 31.0 Å². The number of aliphatic hydroxyl groups is 1. The summed E-state index contributed by atoms with van der Waals surface area (Å²) in [4.78, 5) is 19.6. The average Bonchev–Trinajstić information content (AvgIpc) is 3.53. The summed E-state index contributed by atoms with van der Waals surface area (Å²) < 4.78 is 12.4. The van der Waals surface area contributed by atoms with Gasteiger partial charge in [0, 0.05) is 31.6 Å². The van der Waals surface area contributed by atoms with E-state index >= 15 is 0 Å². The van der Waals surface area contributed by atoms with Crippen LogP contribution in [0.1, 0.15) is 41.2 Å². The molecule has 0 aromatic heterocycles. The van der Waals surface area contributed by atoms with Gasteiger partial charge in [0.25, 0.3) is 5.91 Å². The fourth-order valence-electron chi connectivity index (χ4n) is 5.67. The molecule has 1 heterocycles. The number of aliphatic hydroxyl groups excluding tert-OH is 1. The van der Waals surface area contributed by atoms with Crippen LogP contribution in [0.4, 0.5) is 0 Å². The maximum Gasteiger partial charge on any atom is 0.252 e. The summed E-state index contributed by atoms with van der Waals surface area (Å²) >= 11 is 0. The maximum absolute atomic E-state index is 14.5. The molecule has 2 N–H and O–H groups in total. The van der Waals surface area contributed by atoms with E-state index in [1.54, 1.807) is 0 Å². The lowest BCUT2D eigenvalue weighted by molar-refractivity contribution is -0.129. The van der Waals surface area contributed by atoms with Gasteiger partial charge in [-0.25, -0.2) is 4.99 Å². The molecule has 0 unspecified atom stereocenters. The molecule has 236 valence electrons. The van der Waals surface area contributed by atoms with Crippen LogP contribution in [-0.4, -0.2) is 35.7 Å². The number of carbonyl (C=O) groups is 1. The van der Waals surface area contributed by atoms with Crippen molar-refractivity contribution in [2.24, 2.45) is 4.99 Å². The number of amides is 1. The van der Waals surface area contributed by atoms with E-state index in [2.05, 4.69) is 29.6 Å². The van der Waals surface area contributed by atoms with E-state index in [0.717, 1.165) is 33.4 Å². The minimum Gasteiger partial charge on any atom is -0.494 e. The highest BCUT2D eigenvalue weighted by Gasteiger charge is 2.52. The summed E-state index contributed by atoms with van der Waals surface area (Å²) in [5.74, 6) is 0.869. The minimum atomic E-state index is -1.28. The highest BCUT2D eigenvalue weighted by Crippen LogP contribution is 2.43. The van der Waals surface area contributed by atoms with E-state index in [0.29, 0.717) is 37.6 Å². The van der Waals surface area contributed by atoms with Gasteiger partial charge in [0.1, 0.15) is 5.75 Å². The van der Waals surface area contributed by atoms with Crippen LogP contribution in [0.3, 0.4) is 0 Å². The Morgan fingerprint density at radius 3 is 2.09 bits per heavy atom. The van der Waals surface area contributed by atoms with Crippen molar-refractivity contribution in [2.75, 3.05) is 13.2 Å². The Hall–Kier alpha value is -5.46. The first-order chi connectivity index (χ1) is 23.1. The molecule has 0 saturated carbocycles. The summed E-state index contributed by atoms with van der Waals surface area (Å²) in [5, 5.41) is 12.3. The Bertz CT molecular complexity index is 1790. The Kier molecular flexibility index (Phi) is 10.2. The molecule has 2 atom stereocenters. The fourth-order valence-corrected chi connectivity index (χ4v) is 5.67. The van der Waals surface area contributed by atoms with Crippen molar-refractivity contribution in [3.63, 3.8) is 0 Å². The second-order valence-electron chi connectivity index (χ2n) is 11.5. The van der Waals surface area contributed by atoms with E-state index in [1.165, 1.54) is 0 Å². The molecule has 0 saturated heterocycles. The van der Waals surface area contributed by atoms with Crippen molar-refractivity contribution < 1.29 is 19.4 Å². The highest BCUT2D eigenvalue weighted by atomic mass is 16.5. The number of hydrogen-bond acceptors (Lipinski definition) is 5. The Balaban J connectivity index is 1.38. The zero-order valence-electron chi connectivity index (χ0n) is 26.2. The Morgan fingerprint density at radius 2 is 1.40 bits per heavy atom. The summed E-state index contributed by atoms with van der Waals surface area (Å²) in [6.07, 6.45) is 4.22. The Morgan fingerprint density at radius 1 is 0.787 bits per heavy atom. The van der Waals surface area contributed by atoms with Gasteiger partial charge in [-0.05, 0) is 52.1 Å². The first-order valence-corrected chi connectivity index (χ1v) is 15.9. The van der Waals surface area contributed by atoms with Crippen LogP contribution in [-0.2, 0) is 16.1 Å². The number of benzene rings is 5. The van der Waals surface area contributed by atoms with E-state index in [1.807, 2.05) is 127 Å². The molecule has 0 bridgehead atoms. The second-order valence-corrected chi connectivity index (χ2v) is 11.5. The average molecular weight is 623 g/mol. The molecular formula is C41H38N2O4. The topological polar surface area (TPSA) is 80.2 Å². The molecule has 5 aromatic carbocycles. The molecular weight excluding hydrogens is 584 g/mol. The Labute approximate surface area is 276 Å². The van der Waals surface area contributed by atoms with Gasteiger partial charge in [-0.15, -0.1) is 0 Å². The van der Waals surface area contributed by atoms with Gasteiger partial charge in [-0.1, -0.05) is 127 Å². The van der Waals surface area contributed by atoms with Gasteiger partial charge in [-0.2, -0.15) is 0 Å². The third kappa shape index (κ3) is 7.68. The maximum atomic E-state index is 14.5. The molecule has 0 fully saturated rings. The third-order valence-corrected chi connectivity index (χ3v) is 8.19. The minimum absolute atomic E-state index is 0.0730. The summed E-state index contributed by atoms with van der Waals surface area (Å²) in [6, 6.07) is 45.8. The lowest BCUT2D eigenvalue weighted by Crippen LogP contribution is -2.47. The number of aliphatic imine (C=N–C) groups is 1. The van der Waals surface area contributed by atoms with Crippen LogP contribution in [0.2, 0.25) is 0 Å². The number of hydrogen-bond donors (Lipinski definition) is 2. The molecule has 0 spiro atoms. The zero-order valence-corrected chi connectivity index (χ0v) is 26.2. The lowest BCUT2D eigenvalue weighted by Gasteiger charge is -2.30. The highest BCUT2D eigenvalue weighted by molar-refractivity contribution is 6.01. The van der Waals surface area contributed by atoms with Gasteiger partial charge in [0.05, 0.1) is 6.61 Å². The molecule has 47 heavy (non-hydrogen) atoms. The standard InChI is InChI=1S/C41H38N2O4/c44-28-11-29-46-37-25-23-36(24-26-37)39-43-41(27-10-16-31-12-4-1-5-13-31,40(45)42-30-32-14-6-2-7-15-32)38(47-39)35-21-19-34(20-22-35)33-17-8-3-9-18-33/h1-10,12-26,38,44H,11,27-30H2,(H,42,45)/b16-10+/t38-,41-/m1/s1. The number of nitrogens with zero attached hydrogens (tertiary/aromatic N) is 1. The second kappa shape index (κ2) is 15.2. The van der Waals surface area contributed by atoms with Gasteiger partial charge in [-0.3, -0.25) is 4.79 Å². The lowest BCUT2D eigenvalue weighted by atomic mass is 9.83. The van der Waals surface area contributed by atoms with Crippen LogP contribution in [0, 0.1) is 0 Å². The molecule has 1 aliphatic rings. The summed E-state index contributed by atoms with van der Waals surface area (Å²) in [7, 11) is 0. The smallest absolute Gasteiger partial charge is 0.252 e. The quantitative estimate of drug-likeness (QED) is 0.131. The van der Waals surface area contributed by atoms with Crippen LogP contribution < -0.4 is 10.1 Å². The number of nitrogens with one attached hydrogen (secondary N) is 1. The van der Waals surface area contributed by atoms with Crippen molar-refractivity contribution in [3.8, 4) is 16.9 Å². The molecule has 1 aliphatic heterocycles. The van der Waals surface area contributed by atoms with E-state index in [4.69, 9.17) is 19.6 Å². The van der Waals surface area contributed by atoms with Gasteiger partial charge < -0.3 is 19.9 Å². The van der Waals surface area contributed by atoms with E-state index in [9.17, 15) is 4.79 Å². The largest absolute Gasteiger partial charge is 0.494 e. The monoisotopic (exact) mass is 622 g/mol. The molecule has 6 heteroatoms.